The minimum absolute atomic E-state index is 0.0681. The molecule has 0 aliphatic heterocycles. The summed E-state index contributed by atoms with van der Waals surface area (Å²) in [5.74, 6) is -2.38. The zero-order valence-electron chi connectivity index (χ0n) is 11.2. The summed E-state index contributed by atoms with van der Waals surface area (Å²) >= 11 is 5.80. The maximum atomic E-state index is 12.7. The highest BCUT2D eigenvalue weighted by Crippen LogP contribution is 2.39. The van der Waals surface area contributed by atoms with Gasteiger partial charge in [0.1, 0.15) is 0 Å². The van der Waals surface area contributed by atoms with Gasteiger partial charge in [-0.25, -0.2) is 4.98 Å². The summed E-state index contributed by atoms with van der Waals surface area (Å²) in [4.78, 5) is 19.8. The second-order valence-corrected chi connectivity index (χ2v) is 5.47. The quantitative estimate of drug-likeness (QED) is 0.930. The Labute approximate surface area is 125 Å². The number of aromatic nitrogens is 2. The van der Waals surface area contributed by atoms with Crippen LogP contribution in [-0.4, -0.2) is 22.1 Å². The number of halogens is 4. The lowest BCUT2D eigenvalue weighted by molar-refractivity contribution is -0.186. The fourth-order valence-corrected chi connectivity index (χ4v) is 2.68. The fraction of sp³-hybridized carbons (Fsp3) is 0.615. The Morgan fingerprint density at radius 2 is 2.05 bits per heavy atom. The van der Waals surface area contributed by atoms with Gasteiger partial charge < -0.3 is 5.32 Å². The van der Waals surface area contributed by atoms with Crippen molar-refractivity contribution >= 4 is 17.5 Å². The molecule has 0 spiro atoms. The van der Waals surface area contributed by atoms with Crippen LogP contribution in [0.15, 0.2) is 12.4 Å². The Bertz CT molecular complexity index is 510. The smallest absolute Gasteiger partial charge is 0.350 e. The third kappa shape index (κ3) is 4.30. The summed E-state index contributed by atoms with van der Waals surface area (Å²) in [7, 11) is 0. The highest BCUT2D eigenvalue weighted by atomic mass is 35.5. The number of nitrogens with one attached hydrogen (secondary N) is 1. The van der Waals surface area contributed by atoms with E-state index in [1.807, 2.05) is 0 Å². The lowest BCUT2D eigenvalue weighted by Gasteiger charge is -2.29. The summed E-state index contributed by atoms with van der Waals surface area (Å²) in [5.41, 5.74) is 0.399. The van der Waals surface area contributed by atoms with Gasteiger partial charge in [0.25, 0.3) is 0 Å². The molecule has 21 heavy (non-hydrogen) atoms. The van der Waals surface area contributed by atoms with Crippen LogP contribution in [0.2, 0.25) is 5.15 Å². The van der Waals surface area contributed by atoms with Crippen LogP contribution in [0, 0.1) is 11.8 Å². The number of carbonyl (C=O) groups is 1. The molecule has 1 aromatic heterocycles. The van der Waals surface area contributed by atoms with E-state index in [9.17, 15) is 18.0 Å². The average Bonchev–Trinajstić information content (AvgIpc) is 2.45. The first-order chi connectivity index (χ1) is 9.88. The van der Waals surface area contributed by atoms with Crippen LogP contribution in [0.25, 0.3) is 0 Å². The largest absolute Gasteiger partial charge is 0.391 e. The van der Waals surface area contributed by atoms with Gasteiger partial charge >= 0.3 is 6.18 Å². The van der Waals surface area contributed by atoms with Gasteiger partial charge in [-0.15, -0.1) is 0 Å². The van der Waals surface area contributed by atoms with Gasteiger partial charge in [-0.1, -0.05) is 18.0 Å². The molecular formula is C13H15ClF3N3O. The topological polar surface area (TPSA) is 54.9 Å². The Kier molecular flexibility index (Phi) is 5.03. The SMILES string of the molecule is O=C(NCc1nccnc1Cl)C1CCCC(C(F)(F)F)C1. The standard InChI is InChI=1S/C13H15ClF3N3O/c14-11-10(18-4-5-19-11)7-20-12(21)8-2-1-3-9(6-8)13(15,16)17/h4-5,8-9H,1-3,6-7H2,(H,20,21). The second kappa shape index (κ2) is 6.60. The van der Waals surface area contributed by atoms with Crippen LogP contribution in [0.3, 0.4) is 0 Å². The van der Waals surface area contributed by atoms with Gasteiger partial charge in [0.15, 0.2) is 5.15 Å². The monoisotopic (exact) mass is 321 g/mol. The highest BCUT2D eigenvalue weighted by Gasteiger charge is 2.43. The molecule has 116 valence electrons. The molecule has 1 aliphatic rings. The maximum absolute atomic E-state index is 12.7. The first-order valence-corrected chi connectivity index (χ1v) is 7.05. The van der Waals surface area contributed by atoms with Gasteiger partial charge in [0.2, 0.25) is 5.91 Å². The molecule has 2 rings (SSSR count). The molecule has 1 aliphatic carbocycles. The zero-order chi connectivity index (χ0) is 15.5. The van der Waals surface area contributed by atoms with E-state index >= 15 is 0 Å². The molecule has 8 heteroatoms. The Balaban J connectivity index is 1.90. The molecule has 1 fully saturated rings. The van der Waals surface area contributed by atoms with Crippen LogP contribution in [0.1, 0.15) is 31.4 Å². The first kappa shape index (κ1) is 16.0. The summed E-state index contributed by atoms with van der Waals surface area (Å²) in [6.45, 7) is 0.0681. The van der Waals surface area contributed by atoms with Gasteiger partial charge in [0, 0.05) is 18.3 Å². The van der Waals surface area contributed by atoms with Crippen LogP contribution in [0.4, 0.5) is 13.2 Å². The molecule has 0 saturated heterocycles. The molecular weight excluding hydrogens is 307 g/mol. The van der Waals surface area contributed by atoms with Crippen molar-refractivity contribution in [3.8, 4) is 0 Å². The van der Waals surface area contributed by atoms with Gasteiger partial charge in [-0.3, -0.25) is 9.78 Å². The number of hydrogen-bond donors (Lipinski definition) is 1. The summed E-state index contributed by atoms with van der Waals surface area (Å²) in [5, 5.41) is 2.76. The average molecular weight is 322 g/mol. The lowest BCUT2D eigenvalue weighted by atomic mass is 9.80. The van der Waals surface area contributed by atoms with Crippen molar-refractivity contribution < 1.29 is 18.0 Å². The second-order valence-electron chi connectivity index (χ2n) is 5.11. The van der Waals surface area contributed by atoms with Crippen LogP contribution in [-0.2, 0) is 11.3 Å². The third-order valence-corrected chi connectivity index (χ3v) is 3.98. The first-order valence-electron chi connectivity index (χ1n) is 6.67. The van der Waals surface area contributed by atoms with E-state index in [2.05, 4.69) is 15.3 Å². The number of nitrogens with zero attached hydrogens (tertiary/aromatic N) is 2. The van der Waals surface area contributed by atoms with E-state index in [1.165, 1.54) is 12.4 Å². The van der Waals surface area contributed by atoms with E-state index in [0.717, 1.165) is 0 Å². The summed E-state index contributed by atoms with van der Waals surface area (Å²) in [6.07, 6.45) is -0.531. The van der Waals surface area contributed by atoms with E-state index in [4.69, 9.17) is 11.6 Å². The molecule has 0 bridgehead atoms. The minimum atomic E-state index is -4.23. The van der Waals surface area contributed by atoms with Gasteiger partial charge in [0.05, 0.1) is 18.2 Å². The molecule has 0 radical (unpaired) electrons. The van der Waals surface area contributed by atoms with E-state index in [0.29, 0.717) is 18.5 Å². The van der Waals surface area contributed by atoms with Crippen molar-refractivity contribution in [2.75, 3.05) is 0 Å². The number of rotatable bonds is 3. The number of carbonyl (C=O) groups excluding carboxylic acids is 1. The molecule has 1 heterocycles. The molecule has 0 aromatic carbocycles. The predicted octanol–water partition coefficient (Wildman–Crippen LogP) is 3.11. The van der Waals surface area contributed by atoms with Crippen molar-refractivity contribution in [3.63, 3.8) is 0 Å². The van der Waals surface area contributed by atoms with Crippen LogP contribution < -0.4 is 5.32 Å². The van der Waals surface area contributed by atoms with Crippen LogP contribution in [0.5, 0.6) is 0 Å². The van der Waals surface area contributed by atoms with Crippen molar-refractivity contribution in [2.24, 2.45) is 11.8 Å². The van der Waals surface area contributed by atoms with Crippen molar-refractivity contribution in [2.45, 2.75) is 38.4 Å². The third-order valence-electron chi connectivity index (χ3n) is 3.66. The molecule has 4 nitrogen and oxygen atoms in total. The highest BCUT2D eigenvalue weighted by molar-refractivity contribution is 6.29. The summed E-state index contributed by atoms with van der Waals surface area (Å²) < 4.78 is 38.1. The maximum Gasteiger partial charge on any atom is 0.391 e. The Morgan fingerprint density at radius 3 is 2.71 bits per heavy atom. The molecule has 1 amide bonds. The normalized spacial score (nSPS) is 22.9. The lowest BCUT2D eigenvalue weighted by Crippen LogP contribution is -2.37. The summed E-state index contributed by atoms with van der Waals surface area (Å²) in [6, 6.07) is 0. The Hall–Kier alpha value is -1.37. The predicted molar refractivity (Wildman–Crippen MR) is 70.4 cm³/mol. The zero-order valence-corrected chi connectivity index (χ0v) is 11.9. The van der Waals surface area contributed by atoms with Crippen LogP contribution >= 0.6 is 11.6 Å². The number of alkyl halides is 3. The molecule has 2 unspecified atom stereocenters. The number of amides is 1. The van der Waals surface area contributed by atoms with E-state index in [-0.39, 0.29) is 30.4 Å². The Morgan fingerprint density at radius 1 is 1.33 bits per heavy atom. The molecule has 1 saturated carbocycles. The minimum Gasteiger partial charge on any atom is -0.350 e. The number of hydrogen-bond acceptors (Lipinski definition) is 3. The van der Waals surface area contributed by atoms with Gasteiger partial charge in [-0.2, -0.15) is 13.2 Å². The molecule has 2 atom stereocenters. The molecule has 1 N–H and O–H groups in total. The van der Waals surface area contributed by atoms with Crippen molar-refractivity contribution in [3.05, 3.63) is 23.2 Å². The molecule has 1 aromatic rings. The van der Waals surface area contributed by atoms with E-state index in [1.54, 1.807) is 0 Å². The van der Waals surface area contributed by atoms with Crippen molar-refractivity contribution in [1.82, 2.24) is 15.3 Å². The van der Waals surface area contributed by atoms with Crippen molar-refractivity contribution in [1.29, 1.82) is 0 Å². The fourth-order valence-electron chi connectivity index (χ4n) is 2.51. The van der Waals surface area contributed by atoms with E-state index < -0.39 is 18.0 Å². The van der Waals surface area contributed by atoms with Gasteiger partial charge in [-0.05, 0) is 19.3 Å².